The number of carbonyl (C=O) groups is 1. The van der Waals surface area contributed by atoms with Crippen LogP contribution < -0.4 is 5.32 Å². The maximum Gasteiger partial charge on any atom is 0.252 e. The molecule has 0 unspecified atom stereocenters. The minimum atomic E-state index is -1.16. The van der Waals surface area contributed by atoms with E-state index in [0.29, 0.717) is 19.4 Å². The van der Waals surface area contributed by atoms with Gasteiger partial charge in [-0.1, -0.05) is 42.5 Å². The largest absolute Gasteiger partial charge is 0.380 e. The standard InChI is InChI=1S/C15H19NO2S/c17-14(15(18)8-11-19-12-9-15)16-10-4-7-13-5-2-1-3-6-13/h1-7,18H,8-12H2,(H,16,17)/b7-4+. The van der Waals surface area contributed by atoms with Gasteiger partial charge in [-0.2, -0.15) is 11.8 Å². The summed E-state index contributed by atoms with van der Waals surface area (Å²) in [5.74, 6) is 1.46. The average Bonchev–Trinajstić information content (AvgIpc) is 2.45. The minimum absolute atomic E-state index is 0.245. The van der Waals surface area contributed by atoms with Crippen LogP contribution in [-0.2, 0) is 4.79 Å². The Balaban J connectivity index is 1.79. The Labute approximate surface area is 118 Å². The SMILES string of the molecule is O=C(NC/C=C/c1ccccc1)C1(O)CCSCC1. The predicted octanol–water partition coefficient (Wildman–Crippen LogP) is 2.07. The molecular formula is C15H19NO2S. The van der Waals surface area contributed by atoms with E-state index in [1.54, 1.807) is 11.8 Å². The lowest BCUT2D eigenvalue weighted by Gasteiger charge is -2.30. The second-order valence-electron chi connectivity index (χ2n) is 4.67. The first-order valence-electron chi connectivity index (χ1n) is 6.51. The highest BCUT2D eigenvalue weighted by atomic mass is 32.2. The highest BCUT2D eigenvalue weighted by molar-refractivity contribution is 7.99. The Bertz CT molecular complexity index is 439. The molecule has 1 heterocycles. The number of thioether (sulfide) groups is 1. The lowest BCUT2D eigenvalue weighted by atomic mass is 9.96. The van der Waals surface area contributed by atoms with E-state index in [0.717, 1.165) is 17.1 Å². The second kappa shape index (κ2) is 6.78. The number of aliphatic hydroxyl groups is 1. The van der Waals surface area contributed by atoms with E-state index in [-0.39, 0.29) is 5.91 Å². The molecule has 2 rings (SSSR count). The van der Waals surface area contributed by atoms with E-state index in [9.17, 15) is 9.90 Å². The summed E-state index contributed by atoms with van der Waals surface area (Å²) in [4.78, 5) is 11.9. The molecule has 3 nitrogen and oxygen atoms in total. The van der Waals surface area contributed by atoms with Crippen LogP contribution in [0.3, 0.4) is 0 Å². The Morgan fingerprint density at radius 3 is 2.68 bits per heavy atom. The summed E-state index contributed by atoms with van der Waals surface area (Å²) < 4.78 is 0. The molecule has 1 amide bonds. The monoisotopic (exact) mass is 277 g/mol. The van der Waals surface area contributed by atoms with Gasteiger partial charge in [0, 0.05) is 6.54 Å². The maximum atomic E-state index is 11.9. The van der Waals surface area contributed by atoms with Crippen LogP contribution in [0.15, 0.2) is 36.4 Å². The molecule has 1 aliphatic rings. The normalized spacial score (nSPS) is 18.4. The fourth-order valence-electron chi connectivity index (χ4n) is 2.01. The van der Waals surface area contributed by atoms with Crippen LogP contribution >= 0.6 is 11.8 Å². The molecule has 19 heavy (non-hydrogen) atoms. The van der Waals surface area contributed by atoms with Gasteiger partial charge in [0.1, 0.15) is 5.60 Å². The molecule has 102 valence electrons. The maximum absolute atomic E-state index is 11.9. The number of carbonyl (C=O) groups excluding carboxylic acids is 1. The lowest BCUT2D eigenvalue weighted by Crippen LogP contribution is -2.49. The molecule has 0 aromatic heterocycles. The number of hydrogen-bond acceptors (Lipinski definition) is 3. The zero-order chi connectivity index (χ0) is 13.6. The average molecular weight is 277 g/mol. The first-order chi connectivity index (χ1) is 9.21. The molecule has 2 N–H and O–H groups in total. The molecule has 1 aliphatic heterocycles. The van der Waals surface area contributed by atoms with Crippen molar-refractivity contribution in [2.45, 2.75) is 18.4 Å². The van der Waals surface area contributed by atoms with Crippen LogP contribution in [0.5, 0.6) is 0 Å². The number of nitrogens with one attached hydrogen (secondary N) is 1. The number of amides is 1. The highest BCUT2D eigenvalue weighted by Crippen LogP contribution is 2.26. The quantitative estimate of drug-likeness (QED) is 0.886. The Morgan fingerprint density at radius 1 is 1.32 bits per heavy atom. The second-order valence-corrected chi connectivity index (χ2v) is 5.89. The van der Waals surface area contributed by atoms with Crippen LogP contribution in [0.25, 0.3) is 6.08 Å². The molecule has 1 fully saturated rings. The highest BCUT2D eigenvalue weighted by Gasteiger charge is 2.36. The Morgan fingerprint density at radius 2 is 2.00 bits per heavy atom. The van der Waals surface area contributed by atoms with Gasteiger partial charge in [-0.25, -0.2) is 0 Å². The van der Waals surface area contributed by atoms with Crippen LogP contribution in [0.2, 0.25) is 0 Å². The fraction of sp³-hybridized carbons (Fsp3) is 0.400. The zero-order valence-electron chi connectivity index (χ0n) is 10.8. The number of rotatable bonds is 4. The van der Waals surface area contributed by atoms with Crippen LogP contribution in [-0.4, -0.2) is 34.7 Å². The molecule has 1 aromatic rings. The summed E-state index contributed by atoms with van der Waals surface area (Å²) in [6.07, 6.45) is 4.95. The molecule has 0 aliphatic carbocycles. The number of hydrogen-bond donors (Lipinski definition) is 2. The minimum Gasteiger partial charge on any atom is -0.380 e. The van der Waals surface area contributed by atoms with E-state index < -0.39 is 5.60 Å². The fourth-order valence-corrected chi connectivity index (χ4v) is 3.18. The van der Waals surface area contributed by atoms with E-state index in [2.05, 4.69) is 5.32 Å². The molecule has 1 saturated heterocycles. The van der Waals surface area contributed by atoms with Gasteiger partial charge in [-0.3, -0.25) is 4.79 Å². The topological polar surface area (TPSA) is 49.3 Å². The summed E-state index contributed by atoms with van der Waals surface area (Å²) >= 11 is 1.79. The summed E-state index contributed by atoms with van der Waals surface area (Å²) in [5.41, 5.74) is -0.0595. The van der Waals surface area contributed by atoms with Crippen LogP contribution in [0.1, 0.15) is 18.4 Å². The molecule has 0 bridgehead atoms. The van der Waals surface area contributed by atoms with Crippen molar-refractivity contribution in [2.75, 3.05) is 18.1 Å². The first kappa shape index (κ1) is 14.2. The molecule has 0 radical (unpaired) electrons. The predicted molar refractivity (Wildman–Crippen MR) is 80.0 cm³/mol. The van der Waals surface area contributed by atoms with E-state index in [1.807, 2.05) is 42.5 Å². The molecule has 4 heteroatoms. The van der Waals surface area contributed by atoms with Crippen molar-refractivity contribution < 1.29 is 9.90 Å². The van der Waals surface area contributed by atoms with Gasteiger partial charge in [0.2, 0.25) is 0 Å². The van der Waals surface area contributed by atoms with Crippen molar-refractivity contribution in [3.63, 3.8) is 0 Å². The van der Waals surface area contributed by atoms with E-state index in [1.165, 1.54) is 0 Å². The molecule has 0 spiro atoms. The van der Waals surface area contributed by atoms with Gasteiger partial charge < -0.3 is 10.4 Å². The third kappa shape index (κ3) is 4.11. The lowest BCUT2D eigenvalue weighted by molar-refractivity contribution is -0.140. The van der Waals surface area contributed by atoms with Crippen molar-refractivity contribution >= 4 is 23.7 Å². The van der Waals surface area contributed by atoms with Crippen molar-refractivity contribution in [1.82, 2.24) is 5.32 Å². The van der Waals surface area contributed by atoms with Crippen molar-refractivity contribution in [1.29, 1.82) is 0 Å². The van der Waals surface area contributed by atoms with Gasteiger partial charge in [-0.15, -0.1) is 0 Å². The molecule has 0 saturated carbocycles. The zero-order valence-corrected chi connectivity index (χ0v) is 11.7. The van der Waals surface area contributed by atoms with Gasteiger partial charge in [0.15, 0.2) is 0 Å². The summed E-state index contributed by atoms with van der Waals surface area (Å²) in [5, 5.41) is 13.0. The third-order valence-electron chi connectivity index (χ3n) is 3.23. The van der Waals surface area contributed by atoms with Crippen molar-refractivity contribution in [2.24, 2.45) is 0 Å². The van der Waals surface area contributed by atoms with Crippen LogP contribution in [0.4, 0.5) is 0 Å². The summed E-state index contributed by atoms with van der Waals surface area (Å²) in [7, 11) is 0. The van der Waals surface area contributed by atoms with Crippen molar-refractivity contribution in [3.05, 3.63) is 42.0 Å². The molecule has 0 atom stereocenters. The van der Waals surface area contributed by atoms with Gasteiger partial charge in [-0.05, 0) is 29.9 Å². The first-order valence-corrected chi connectivity index (χ1v) is 7.66. The van der Waals surface area contributed by atoms with Crippen molar-refractivity contribution in [3.8, 4) is 0 Å². The Kier molecular flexibility index (Phi) is 5.05. The summed E-state index contributed by atoms with van der Waals surface area (Å²) in [6, 6.07) is 9.92. The Hall–Kier alpha value is -1.26. The smallest absolute Gasteiger partial charge is 0.252 e. The number of benzene rings is 1. The van der Waals surface area contributed by atoms with Gasteiger partial charge in [0.25, 0.3) is 5.91 Å². The van der Waals surface area contributed by atoms with E-state index >= 15 is 0 Å². The van der Waals surface area contributed by atoms with Crippen LogP contribution in [0, 0.1) is 0 Å². The molecule has 1 aromatic carbocycles. The van der Waals surface area contributed by atoms with E-state index in [4.69, 9.17) is 0 Å². The summed E-state index contributed by atoms with van der Waals surface area (Å²) in [6.45, 7) is 0.448. The van der Waals surface area contributed by atoms with Gasteiger partial charge in [0.05, 0.1) is 0 Å². The molecular weight excluding hydrogens is 258 g/mol. The van der Waals surface area contributed by atoms with Gasteiger partial charge >= 0.3 is 0 Å². The third-order valence-corrected chi connectivity index (χ3v) is 4.22.